The fourth-order valence-corrected chi connectivity index (χ4v) is 2.93. The Morgan fingerprint density at radius 1 is 0.885 bits per heavy atom. The predicted molar refractivity (Wildman–Crippen MR) is 111 cm³/mol. The third-order valence-electron chi connectivity index (χ3n) is 4.63. The van der Waals surface area contributed by atoms with E-state index in [0.29, 0.717) is 6.67 Å². The number of anilines is 1. The average Bonchev–Trinajstić information content (AvgIpc) is 2.58. The molecule has 26 heavy (non-hydrogen) atoms. The Hall–Kier alpha value is -2.29. The molecule has 0 aliphatic rings. The highest BCUT2D eigenvalue weighted by atomic mass is 16.1. The summed E-state index contributed by atoms with van der Waals surface area (Å²) < 4.78 is 0. The van der Waals surface area contributed by atoms with Gasteiger partial charge in [-0.25, -0.2) is 0 Å². The first kappa shape index (κ1) is 20.0. The molecule has 1 N–H and O–H groups in total. The molecule has 0 aliphatic carbocycles. The summed E-state index contributed by atoms with van der Waals surface area (Å²) in [6.45, 7) is 13.5. The van der Waals surface area contributed by atoms with Crippen LogP contribution in [0.25, 0.3) is 0 Å². The number of carbonyl (C=O) groups is 1. The first-order valence-corrected chi connectivity index (χ1v) is 9.19. The van der Waals surface area contributed by atoms with Crippen LogP contribution in [0.1, 0.15) is 63.0 Å². The highest BCUT2D eigenvalue weighted by molar-refractivity contribution is 5.96. The van der Waals surface area contributed by atoms with Gasteiger partial charge in [0, 0.05) is 18.3 Å². The van der Waals surface area contributed by atoms with Crippen molar-refractivity contribution in [3.8, 4) is 0 Å². The highest BCUT2D eigenvalue weighted by Crippen LogP contribution is 2.26. The highest BCUT2D eigenvalue weighted by Gasteiger charge is 2.21. The van der Waals surface area contributed by atoms with Crippen molar-refractivity contribution in [1.29, 1.82) is 0 Å². The van der Waals surface area contributed by atoms with Crippen molar-refractivity contribution in [2.24, 2.45) is 0 Å². The van der Waals surface area contributed by atoms with Crippen LogP contribution < -0.4 is 10.2 Å². The van der Waals surface area contributed by atoms with E-state index >= 15 is 0 Å². The van der Waals surface area contributed by atoms with Crippen LogP contribution in [0.3, 0.4) is 0 Å². The zero-order valence-electron chi connectivity index (χ0n) is 17.2. The maximum Gasteiger partial charge on any atom is 0.252 e. The maximum atomic E-state index is 12.7. The molecule has 0 aliphatic heterocycles. The molecular formula is C23H32N2O. The lowest BCUT2D eigenvalue weighted by Crippen LogP contribution is -2.36. The van der Waals surface area contributed by atoms with Gasteiger partial charge in [0.25, 0.3) is 5.91 Å². The Kier molecular flexibility index (Phi) is 5.80. The SMILES string of the molecule is CN(CNC(=O)c1ccccc1C(C)(C)C)c1ccc(C(C)(C)C)cc1. The number of carbonyl (C=O) groups excluding carboxylic acids is 1. The van der Waals surface area contributed by atoms with Gasteiger partial charge in [-0.3, -0.25) is 4.79 Å². The molecule has 0 spiro atoms. The van der Waals surface area contributed by atoms with Gasteiger partial charge in [-0.05, 0) is 40.2 Å². The standard InChI is InChI=1S/C23H32N2O/c1-22(2,3)17-12-14-18(15-13-17)25(7)16-24-21(26)19-10-8-9-11-20(19)23(4,5)6/h8-15H,16H2,1-7H3,(H,24,26). The van der Waals surface area contributed by atoms with E-state index < -0.39 is 0 Å². The number of rotatable bonds is 4. The first-order valence-electron chi connectivity index (χ1n) is 9.19. The molecule has 0 saturated carbocycles. The van der Waals surface area contributed by atoms with E-state index in [-0.39, 0.29) is 16.7 Å². The van der Waals surface area contributed by atoms with Crippen molar-refractivity contribution in [3.05, 3.63) is 65.2 Å². The molecule has 0 unspecified atom stereocenters. The topological polar surface area (TPSA) is 32.3 Å². The normalized spacial score (nSPS) is 12.0. The fraction of sp³-hybridized carbons (Fsp3) is 0.435. The van der Waals surface area contributed by atoms with Crippen molar-refractivity contribution in [3.63, 3.8) is 0 Å². The quantitative estimate of drug-likeness (QED) is 0.776. The summed E-state index contributed by atoms with van der Waals surface area (Å²) in [5.74, 6) is -0.0336. The van der Waals surface area contributed by atoms with Crippen LogP contribution in [0.2, 0.25) is 0 Å². The Bertz CT molecular complexity index is 749. The molecule has 0 heterocycles. The number of nitrogens with zero attached hydrogens (tertiary/aromatic N) is 1. The molecule has 0 saturated heterocycles. The summed E-state index contributed by atoms with van der Waals surface area (Å²) in [4.78, 5) is 14.7. The minimum atomic E-state index is -0.0668. The third-order valence-corrected chi connectivity index (χ3v) is 4.63. The number of hydrogen-bond acceptors (Lipinski definition) is 2. The van der Waals surface area contributed by atoms with E-state index in [1.165, 1.54) is 5.56 Å². The molecular weight excluding hydrogens is 320 g/mol. The molecule has 3 nitrogen and oxygen atoms in total. The van der Waals surface area contributed by atoms with Crippen molar-refractivity contribution in [2.45, 2.75) is 52.4 Å². The first-order chi connectivity index (χ1) is 12.0. The Morgan fingerprint density at radius 2 is 1.46 bits per heavy atom. The monoisotopic (exact) mass is 352 g/mol. The van der Waals surface area contributed by atoms with E-state index in [1.807, 2.05) is 36.2 Å². The molecule has 0 radical (unpaired) electrons. The van der Waals surface area contributed by atoms with Gasteiger partial charge in [0.15, 0.2) is 0 Å². The molecule has 0 bridgehead atoms. The summed E-state index contributed by atoms with van der Waals surface area (Å²) in [7, 11) is 1.99. The van der Waals surface area contributed by atoms with Crippen molar-refractivity contribution in [2.75, 3.05) is 18.6 Å². The van der Waals surface area contributed by atoms with Gasteiger partial charge in [-0.15, -0.1) is 0 Å². The summed E-state index contributed by atoms with van der Waals surface area (Å²) in [6, 6.07) is 16.4. The third kappa shape index (κ3) is 4.87. The van der Waals surface area contributed by atoms with Crippen LogP contribution in [0.15, 0.2) is 48.5 Å². The second-order valence-corrected chi connectivity index (χ2v) is 8.95. The Morgan fingerprint density at radius 3 is 2.00 bits per heavy atom. The van der Waals surface area contributed by atoms with E-state index in [1.54, 1.807) is 0 Å². The predicted octanol–water partition coefficient (Wildman–Crippen LogP) is 5.11. The summed E-state index contributed by atoms with van der Waals surface area (Å²) in [5, 5.41) is 3.04. The molecule has 0 fully saturated rings. The van der Waals surface area contributed by atoms with E-state index in [9.17, 15) is 4.79 Å². The lowest BCUT2D eigenvalue weighted by Gasteiger charge is -2.25. The van der Waals surface area contributed by atoms with Crippen LogP contribution in [0, 0.1) is 0 Å². The van der Waals surface area contributed by atoms with Crippen molar-refractivity contribution in [1.82, 2.24) is 5.32 Å². The number of hydrogen-bond donors (Lipinski definition) is 1. The number of benzene rings is 2. The summed E-state index contributed by atoms with van der Waals surface area (Å²) in [6.07, 6.45) is 0. The van der Waals surface area contributed by atoms with Crippen molar-refractivity contribution >= 4 is 11.6 Å². The molecule has 3 heteroatoms. The zero-order chi connectivity index (χ0) is 19.5. The second kappa shape index (κ2) is 7.53. The van der Waals surface area contributed by atoms with Gasteiger partial charge in [0.05, 0.1) is 6.67 Å². The van der Waals surface area contributed by atoms with Crippen LogP contribution >= 0.6 is 0 Å². The number of nitrogens with one attached hydrogen (secondary N) is 1. The van der Waals surface area contributed by atoms with E-state index in [2.05, 4.69) is 71.1 Å². The largest absolute Gasteiger partial charge is 0.357 e. The zero-order valence-corrected chi connectivity index (χ0v) is 17.2. The molecule has 2 aromatic carbocycles. The van der Waals surface area contributed by atoms with E-state index in [0.717, 1.165) is 16.8 Å². The van der Waals surface area contributed by atoms with Crippen LogP contribution in [0.5, 0.6) is 0 Å². The van der Waals surface area contributed by atoms with Gasteiger partial charge in [-0.1, -0.05) is 71.9 Å². The summed E-state index contributed by atoms with van der Waals surface area (Å²) in [5.41, 5.74) is 4.27. The lowest BCUT2D eigenvalue weighted by atomic mass is 9.83. The van der Waals surface area contributed by atoms with Gasteiger partial charge in [-0.2, -0.15) is 0 Å². The average molecular weight is 353 g/mol. The number of amides is 1. The van der Waals surface area contributed by atoms with E-state index in [4.69, 9.17) is 0 Å². The second-order valence-electron chi connectivity index (χ2n) is 8.95. The maximum absolute atomic E-state index is 12.7. The van der Waals surface area contributed by atoms with Gasteiger partial charge >= 0.3 is 0 Å². The molecule has 0 atom stereocenters. The van der Waals surface area contributed by atoms with Crippen LogP contribution in [-0.2, 0) is 10.8 Å². The molecule has 2 rings (SSSR count). The van der Waals surface area contributed by atoms with Crippen LogP contribution in [0.4, 0.5) is 5.69 Å². The molecule has 2 aromatic rings. The summed E-state index contributed by atoms with van der Waals surface area (Å²) >= 11 is 0. The van der Waals surface area contributed by atoms with Gasteiger partial charge in [0.1, 0.15) is 0 Å². The smallest absolute Gasteiger partial charge is 0.252 e. The fourth-order valence-electron chi connectivity index (χ4n) is 2.93. The molecule has 1 amide bonds. The minimum absolute atomic E-state index is 0.0336. The Balaban J connectivity index is 2.06. The Labute approximate surface area is 158 Å². The van der Waals surface area contributed by atoms with Gasteiger partial charge < -0.3 is 10.2 Å². The molecule has 0 aromatic heterocycles. The minimum Gasteiger partial charge on any atom is -0.357 e. The van der Waals surface area contributed by atoms with Crippen LogP contribution in [-0.4, -0.2) is 19.6 Å². The van der Waals surface area contributed by atoms with Gasteiger partial charge in [0.2, 0.25) is 0 Å². The lowest BCUT2D eigenvalue weighted by molar-refractivity contribution is 0.0952. The van der Waals surface area contributed by atoms with Crippen molar-refractivity contribution < 1.29 is 4.79 Å². The molecule has 140 valence electrons.